The van der Waals surface area contributed by atoms with E-state index in [-0.39, 0.29) is 0 Å². The molecule has 2 aromatic carbocycles. The van der Waals surface area contributed by atoms with Crippen LogP contribution in [0.4, 0.5) is 0 Å². The van der Waals surface area contributed by atoms with E-state index >= 15 is 0 Å². The highest BCUT2D eigenvalue weighted by atomic mass is 79.9. The van der Waals surface area contributed by atoms with Crippen molar-refractivity contribution in [1.82, 2.24) is 0 Å². The fourth-order valence-corrected chi connectivity index (χ4v) is 2.49. The van der Waals surface area contributed by atoms with Crippen molar-refractivity contribution >= 4 is 38.5 Å². The summed E-state index contributed by atoms with van der Waals surface area (Å²) in [5.41, 5.74) is 0. The van der Waals surface area contributed by atoms with Crippen molar-refractivity contribution in [3.63, 3.8) is 0 Å². The van der Waals surface area contributed by atoms with Gasteiger partial charge in [0.15, 0.2) is 0 Å². The molecule has 0 amide bonds. The number of benzene rings is 2. The molecule has 66 valence electrons. The molecule has 0 atom stereocenters. The molecule has 0 N–H and O–H groups in total. The Labute approximate surface area is 90.5 Å². The van der Waals surface area contributed by atoms with Crippen LogP contribution in [0.15, 0.2) is 45.8 Å². The minimum Gasteiger partial charge on any atom is -0.129 e. The van der Waals surface area contributed by atoms with Gasteiger partial charge >= 0.3 is 0 Å². The molecule has 0 spiro atoms. The zero-order valence-corrected chi connectivity index (χ0v) is 9.65. The highest BCUT2D eigenvalue weighted by Gasteiger charge is 2.01. The fraction of sp³-hybridized carbons (Fsp3) is 0.0909. The molecule has 0 saturated heterocycles. The van der Waals surface area contributed by atoms with Crippen molar-refractivity contribution < 1.29 is 0 Å². The Morgan fingerprint density at radius 2 is 1.69 bits per heavy atom. The lowest BCUT2D eigenvalue weighted by atomic mass is 10.1. The van der Waals surface area contributed by atoms with Crippen LogP contribution < -0.4 is 0 Å². The van der Waals surface area contributed by atoms with E-state index in [1.807, 2.05) is 0 Å². The number of halogens is 1. The summed E-state index contributed by atoms with van der Waals surface area (Å²) < 4.78 is 1.17. The highest BCUT2D eigenvalue weighted by molar-refractivity contribution is 9.10. The first-order valence-electron chi connectivity index (χ1n) is 4.04. The minimum atomic E-state index is 1.17. The molecule has 2 rings (SSSR count). The SMILES string of the molecule is CSc1ccc(Br)c2ccccc12. The Kier molecular flexibility index (Phi) is 2.61. The van der Waals surface area contributed by atoms with Crippen molar-refractivity contribution in [2.75, 3.05) is 6.26 Å². The zero-order chi connectivity index (χ0) is 9.26. The van der Waals surface area contributed by atoms with E-state index in [2.05, 4.69) is 58.6 Å². The molecule has 2 heteroatoms. The molecule has 0 aliphatic heterocycles. The van der Waals surface area contributed by atoms with Crippen LogP contribution >= 0.6 is 27.7 Å². The van der Waals surface area contributed by atoms with Gasteiger partial charge in [-0.25, -0.2) is 0 Å². The van der Waals surface area contributed by atoms with Crippen molar-refractivity contribution in [2.24, 2.45) is 0 Å². The van der Waals surface area contributed by atoms with Gasteiger partial charge in [-0.05, 0) is 29.2 Å². The summed E-state index contributed by atoms with van der Waals surface area (Å²) in [6.45, 7) is 0. The van der Waals surface area contributed by atoms with Crippen LogP contribution in [-0.2, 0) is 0 Å². The first-order valence-corrected chi connectivity index (χ1v) is 6.06. The lowest BCUT2D eigenvalue weighted by Crippen LogP contribution is -1.77. The molecule has 0 aliphatic carbocycles. The monoisotopic (exact) mass is 252 g/mol. The number of hydrogen-bond acceptors (Lipinski definition) is 1. The third-order valence-corrected chi connectivity index (χ3v) is 3.54. The van der Waals surface area contributed by atoms with Gasteiger partial charge in [0.05, 0.1) is 0 Å². The molecule has 0 bridgehead atoms. The summed E-state index contributed by atoms with van der Waals surface area (Å²) in [6, 6.07) is 12.7. The summed E-state index contributed by atoms with van der Waals surface area (Å²) in [7, 11) is 0. The van der Waals surface area contributed by atoms with Gasteiger partial charge in [-0.2, -0.15) is 0 Å². The maximum atomic E-state index is 3.55. The van der Waals surface area contributed by atoms with E-state index in [9.17, 15) is 0 Å². The third kappa shape index (κ3) is 1.61. The first kappa shape index (κ1) is 9.10. The van der Waals surface area contributed by atoms with Crippen molar-refractivity contribution in [3.8, 4) is 0 Å². The van der Waals surface area contributed by atoms with Crippen molar-refractivity contribution in [1.29, 1.82) is 0 Å². The predicted octanol–water partition coefficient (Wildman–Crippen LogP) is 4.32. The summed E-state index contributed by atoms with van der Waals surface area (Å²) in [6.07, 6.45) is 2.11. The molecular weight excluding hydrogens is 244 g/mol. The Morgan fingerprint density at radius 3 is 2.38 bits per heavy atom. The second-order valence-electron chi connectivity index (χ2n) is 2.80. The lowest BCUT2D eigenvalue weighted by molar-refractivity contribution is 1.53. The van der Waals surface area contributed by atoms with Crippen molar-refractivity contribution in [3.05, 3.63) is 40.9 Å². The summed E-state index contributed by atoms with van der Waals surface area (Å²) >= 11 is 5.34. The average molecular weight is 253 g/mol. The molecule has 0 nitrogen and oxygen atoms in total. The second kappa shape index (κ2) is 3.72. The van der Waals surface area contributed by atoms with Gasteiger partial charge in [-0.3, -0.25) is 0 Å². The Bertz CT molecular complexity index is 437. The molecule has 0 unspecified atom stereocenters. The van der Waals surface area contributed by atoms with Crippen molar-refractivity contribution in [2.45, 2.75) is 4.90 Å². The zero-order valence-electron chi connectivity index (χ0n) is 7.25. The van der Waals surface area contributed by atoms with Crippen LogP contribution in [-0.4, -0.2) is 6.26 Å². The maximum Gasteiger partial charge on any atom is 0.0254 e. The molecule has 2 aromatic rings. The van der Waals surface area contributed by atoms with E-state index in [0.29, 0.717) is 0 Å². The maximum absolute atomic E-state index is 3.55. The molecule has 0 heterocycles. The number of rotatable bonds is 1. The predicted molar refractivity (Wildman–Crippen MR) is 63.4 cm³/mol. The number of thioether (sulfide) groups is 1. The molecule has 0 saturated carbocycles. The fourth-order valence-electron chi connectivity index (χ4n) is 1.41. The van der Waals surface area contributed by atoms with Gasteiger partial charge in [-0.1, -0.05) is 40.2 Å². The van der Waals surface area contributed by atoms with Gasteiger partial charge in [0.2, 0.25) is 0 Å². The normalized spacial score (nSPS) is 10.6. The average Bonchev–Trinajstić information content (AvgIpc) is 2.19. The Balaban J connectivity index is 2.84. The Hall–Kier alpha value is -0.470. The van der Waals surface area contributed by atoms with Gasteiger partial charge < -0.3 is 0 Å². The number of hydrogen-bond donors (Lipinski definition) is 0. The van der Waals surface area contributed by atoms with Crippen LogP contribution in [0.1, 0.15) is 0 Å². The smallest absolute Gasteiger partial charge is 0.0254 e. The molecule has 0 aromatic heterocycles. The molecular formula is C11H9BrS. The lowest BCUT2D eigenvalue weighted by Gasteiger charge is -2.04. The topological polar surface area (TPSA) is 0 Å². The number of fused-ring (bicyclic) bond motifs is 1. The minimum absolute atomic E-state index is 1.17. The van der Waals surface area contributed by atoms with Gasteiger partial charge in [0, 0.05) is 9.37 Å². The highest BCUT2D eigenvalue weighted by Crippen LogP contribution is 2.31. The Morgan fingerprint density at radius 1 is 1.00 bits per heavy atom. The summed E-state index contributed by atoms with van der Waals surface area (Å²) in [5, 5.41) is 2.61. The van der Waals surface area contributed by atoms with Gasteiger partial charge in [-0.15, -0.1) is 11.8 Å². The van der Waals surface area contributed by atoms with E-state index in [1.54, 1.807) is 11.8 Å². The van der Waals surface area contributed by atoms with Crippen LogP contribution in [0.25, 0.3) is 10.8 Å². The van der Waals surface area contributed by atoms with Crippen LogP contribution in [0.5, 0.6) is 0 Å². The van der Waals surface area contributed by atoms with E-state index in [1.165, 1.54) is 20.1 Å². The van der Waals surface area contributed by atoms with E-state index in [4.69, 9.17) is 0 Å². The second-order valence-corrected chi connectivity index (χ2v) is 4.50. The molecule has 0 aliphatic rings. The summed E-state index contributed by atoms with van der Waals surface area (Å²) in [4.78, 5) is 1.33. The molecule has 0 fully saturated rings. The third-order valence-electron chi connectivity index (χ3n) is 2.05. The first-order chi connectivity index (χ1) is 6.33. The van der Waals surface area contributed by atoms with Gasteiger partial charge in [0.1, 0.15) is 0 Å². The largest absolute Gasteiger partial charge is 0.129 e. The molecule has 0 radical (unpaired) electrons. The quantitative estimate of drug-likeness (QED) is 0.682. The van der Waals surface area contributed by atoms with Gasteiger partial charge in [0.25, 0.3) is 0 Å². The van der Waals surface area contributed by atoms with Crippen LogP contribution in [0.2, 0.25) is 0 Å². The van der Waals surface area contributed by atoms with Crippen LogP contribution in [0, 0.1) is 0 Å². The standard InChI is InChI=1S/C11H9BrS/c1-13-11-7-6-10(12)8-4-2-3-5-9(8)11/h2-7H,1H3. The van der Waals surface area contributed by atoms with Crippen LogP contribution in [0.3, 0.4) is 0 Å². The van der Waals surface area contributed by atoms with E-state index in [0.717, 1.165) is 0 Å². The van der Waals surface area contributed by atoms with E-state index < -0.39 is 0 Å². The summed E-state index contributed by atoms with van der Waals surface area (Å²) in [5.74, 6) is 0. The molecule has 13 heavy (non-hydrogen) atoms.